The lowest BCUT2D eigenvalue weighted by Crippen LogP contribution is -2.31. The van der Waals surface area contributed by atoms with E-state index in [4.69, 9.17) is 5.26 Å². The summed E-state index contributed by atoms with van der Waals surface area (Å²) >= 11 is 0. The molecule has 1 fully saturated rings. The van der Waals surface area contributed by atoms with E-state index in [0.717, 1.165) is 24.8 Å². The fourth-order valence-electron chi connectivity index (χ4n) is 2.60. The summed E-state index contributed by atoms with van der Waals surface area (Å²) in [6.07, 6.45) is 5.39. The van der Waals surface area contributed by atoms with Crippen LogP contribution in [-0.4, -0.2) is 5.78 Å². The van der Waals surface area contributed by atoms with Gasteiger partial charge in [0.2, 0.25) is 0 Å². The van der Waals surface area contributed by atoms with Crippen LogP contribution >= 0.6 is 0 Å². The molecule has 2 atom stereocenters. The number of rotatable bonds is 0. The van der Waals surface area contributed by atoms with E-state index in [1.807, 2.05) is 6.08 Å². The SMILES string of the molecule is C[C@]12CCCC(=O)C1=CC[C@H]2C#N. The average molecular weight is 175 g/mol. The molecule has 2 aliphatic carbocycles. The first-order chi connectivity index (χ1) is 6.18. The number of nitrogens with zero attached hydrogens (tertiary/aromatic N) is 1. The van der Waals surface area contributed by atoms with Crippen molar-refractivity contribution in [2.45, 2.75) is 32.6 Å². The highest BCUT2D eigenvalue weighted by atomic mass is 16.1. The van der Waals surface area contributed by atoms with Crippen LogP contribution in [0.5, 0.6) is 0 Å². The number of allylic oxidation sites excluding steroid dienone is 2. The minimum absolute atomic E-state index is 0.0340. The van der Waals surface area contributed by atoms with Crippen molar-refractivity contribution in [3.05, 3.63) is 11.6 Å². The Hall–Kier alpha value is -1.10. The van der Waals surface area contributed by atoms with Crippen LogP contribution in [0.2, 0.25) is 0 Å². The van der Waals surface area contributed by atoms with Gasteiger partial charge < -0.3 is 0 Å². The zero-order valence-electron chi connectivity index (χ0n) is 7.84. The average Bonchev–Trinajstić information content (AvgIpc) is 2.43. The third-order valence-corrected chi connectivity index (χ3v) is 3.50. The topological polar surface area (TPSA) is 40.9 Å². The molecule has 0 aliphatic heterocycles. The van der Waals surface area contributed by atoms with Crippen molar-refractivity contribution < 1.29 is 4.79 Å². The Balaban J connectivity index is 2.37. The van der Waals surface area contributed by atoms with Crippen molar-refractivity contribution in [3.63, 3.8) is 0 Å². The van der Waals surface area contributed by atoms with E-state index in [0.29, 0.717) is 6.42 Å². The van der Waals surface area contributed by atoms with Crippen LogP contribution in [0.1, 0.15) is 32.6 Å². The molecular formula is C11H13NO. The Bertz CT molecular complexity index is 323. The van der Waals surface area contributed by atoms with E-state index in [1.165, 1.54) is 0 Å². The quantitative estimate of drug-likeness (QED) is 0.566. The molecule has 2 rings (SSSR count). The molecule has 0 radical (unpaired) electrons. The standard InChI is InChI=1S/C11H13NO/c1-11-6-2-3-10(13)9(11)5-4-8(11)7-12/h5,8H,2-4,6H2,1H3/t8-,11+/m0/s1. The van der Waals surface area contributed by atoms with Crippen molar-refractivity contribution in [2.24, 2.45) is 11.3 Å². The fourth-order valence-corrected chi connectivity index (χ4v) is 2.60. The molecule has 2 nitrogen and oxygen atoms in total. The van der Waals surface area contributed by atoms with Gasteiger partial charge in [0.15, 0.2) is 5.78 Å². The molecule has 0 saturated heterocycles. The summed E-state index contributed by atoms with van der Waals surface area (Å²) in [7, 11) is 0. The second-order valence-electron chi connectivity index (χ2n) is 4.23. The Kier molecular flexibility index (Phi) is 1.76. The van der Waals surface area contributed by atoms with Gasteiger partial charge in [0.1, 0.15) is 0 Å². The van der Waals surface area contributed by atoms with Gasteiger partial charge in [-0.05, 0) is 24.8 Å². The molecule has 0 aromatic heterocycles. The molecule has 0 spiro atoms. The molecule has 2 aliphatic rings. The first kappa shape index (κ1) is 8.50. The van der Waals surface area contributed by atoms with Crippen molar-refractivity contribution in [3.8, 4) is 6.07 Å². The van der Waals surface area contributed by atoms with Gasteiger partial charge in [0.05, 0.1) is 12.0 Å². The predicted octanol–water partition coefficient (Wildman–Crippen LogP) is 2.22. The van der Waals surface area contributed by atoms with Crippen molar-refractivity contribution in [1.29, 1.82) is 5.26 Å². The number of hydrogen-bond donors (Lipinski definition) is 0. The monoisotopic (exact) mass is 175 g/mol. The Labute approximate surface area is 78.2 Å². The Morgan fingerprint density at radius 3 is 3.15 bits per heavy atom. The summed E-state index contributed by atoms with van der Waals surface area (Å²) in [5.74, 6) is 0.304. The van der Waals surface area contributed by atoms with E-state index < -0.39 is 0 Å². The van der Waals surface area contributed by atoms with Crippen LogP contribution in [-0.2, 0) is 4.79 Å². The number of ketones is 1. The second-order valence-corrected chi connectivity index (χ2v) is 4.23. The lowest BCUT2D eigenvalue weighted by molar-refractivity contribution is -0.118. The van der Waals surface area contributed by atoms with Gasteiger partial charge in [-0.3, -0.25) is 4.79 Å². The van der Waals surface area contributed by atoms with E-state index >= 15 is 0 Å². The third-order valence-electron chi connectivity index (χ3n) is 3.50. The largest absolute Gasteiger partial charge is 0.295 e. The van der Waals surface area contributed by atoms with Crippen molar-refractivity contribution in [1.82, 2.24) is 0 Å². The smallest absolute Gasteiger partial charge is 0.159 e. The van der Waals surface area contributed by atoms with E-state index in [9.17, 15) is 4.79 Å². The highest BCUT2D eigenvalue weighted by molar-refractivity contribution is 5.98. The summed E-state index contributed by atoms with van der Waals surface area (Å²) in [5.41, 5.74) is 0.815. The van der Waals surface area contributed by atoms with Crippen molar-refractivity contribution in [2.75, 3.05) is 0 Å². The molecule has 0 heterocycles. The third kappa shape index (κ3) is 1.03. The maximum absolute atomic E-state index is 11.6. The molecule has 68 valence electrons. The van der Waals surface area contributed by atoms with Gasteiger partial charge in [-0.2, -0.15) is 5.26 Å². The molecule has 1 saturated carbocycles. The molecule has 0 aromatic carbocycles. The van der Waals surface area contributed by atoms with Crippen LogP contribution in [0.25, 0.3) is 0 Å². The number of hydrogen-bond acceptors (Lipinski definition) is 2. The number of carbonyl (C=O) groups is 1. The molecule has 0 bridgehead atoms. The molecule has 0 unspecified atom stereocenters. The van der Waals surface area contributed by atoms with Crippen LogP contribution < -0.4 is 0 Å². The van der Waals surface area contributed by atoms with Crippen LogP contribution in [0.3, 0.4) is 0 Å². The number of fused-ring (bicyclic) bond motifs is 1. The van der Waals surface area contributed by atoms with Gasteiger partial charge in [0, 0.05) is 11.8 Å². The van der Waals surface area contributed by atoms with E-state index in [-0.39, 0.29) is 17.1 Å². The first-order valence-corrected chi connectivity index (χ1v) is 4.82. The van der Waals surface area contributed by atoms with Gasteiger partial charge in [-0.1, -0.05) is 13.0 Å². The lowest BCUT2D eigenvalue weighted by Gasteiger charge is -2.34. The first-order valence-electron chi connectivity index (χ1n) is 4.82. The lowest BCUT2D eigenvalue weighted by atomic mass is 9.67. The molecule has 0 aromatic rings. The minimum atomic E-state index is -0.121. The van der Waals surface area contributed by atoms with E-state index in [2.05, 4.69) is 13.0 Å². The highest BCUT2D eigenvalue weighted by Crippen LogP contribution is 2.50. The predicted molar refractivity (Wildman–Crippen MR) is 48.8 cm³/mol. The summed E-state index contributed by atoms with van der Waals surface area (Å²) in [6.45, 7) is 2.07. The summed E-state index contributed by atoms with van der Waals surface area (Å²) in [4.78, 5) is 11.6. The Morgan fingerprint density at radius 2 is 2.46 bits per heavy atom. The summed E-state index contributed by atoms with van der Waals surface area (Å²) in [6, 6.07) is 2.32. The summed E-state index contributed by atoms with van der Waals surface area (Å²) < 4.78 is 0. The minimum Gasteiger partial charge on any atom is -0.295 e. The van der Waals surface area contributed by atoms with E-state index in [1.54, 1.807) is 0 Å². The van der Waals surface area contributed by atoms with Gasteiger partial charge in [-0.15, -0.1) is 0 Å². The zero-order chi connectivity index (χ0) is 9.47. The number of Topliss-reactive ketones (excluding diaryl/α,β-unsaturated/α-hetero) is 1. The maximum atomic E-state index is 11.6. The number of carbonyl (C=O) groups excluding carboxylic acids is 1. The second kappa shape index (κ2) is 2.70. The molecular weight excluding hydrogens is 162 g/mol. The summed E-state index contributed by atoms with van der Waals surface area (Å²) in [5, 5.41) is 8.96. The molecule has 13 heavy (non-hydrogen) atoms. The van der Waals surface area contributed by atoms with Crippen LogP contribution in [0, 0.1) is 22.7 Å². The normalized spacial score (nSPS) is 38.0. The molecule has 0 amide bonds. The number of nitriles is 1. The van der Waals surface area contributed by atoms with Crippen LogP contribution in [0.4, 0.5) is 0 Å². The maximum Gasteiger partial charge on any atom is 0.159 e. The van der Waals surface area contributed by atoms with Crippen molar-refractivity contribution >= 4 is 5.78 Å². The molecule has 2 heteroatoms. The van der Waals surface area contributed by atoms with Gasteiger partial charge in [0.25, 0.3) is 0 Å². The molecule has 0 N–H and O–H groups in total. The zero-order valence-corrected chi connectivity index (χ0v) is 7.84. The van der Waals surface area contributed by atoms with Gasteiger partial charge >= 0.3 is 0 Å². The van der Waals surface area contributed by atoms with Gasteiger partial charge in [-0.25, -0.2) is 0 Å². The van der Waals surface area contributed by atoms with Crippen LogP contribution in [0.15, 0.2) is 11.6 Å². The highest BCUT2D eigenvalue weighted by Gasteiger charge is 2.45. The Morgan fingerprint density at radius 1 is 1.69 bits per heavy atom. The fraction of sp³-hybridized carbons (Fsp3) is 0.636.